The highest BCUT2D eigenvalue weighted by atomic mass is 16.5. The lowest BCUT2D eigenvalue weighted by Gasteiger charge is -2.29. The summed E-state index contributed by atoms with van der Waals surface area (Å²) in [6.45, 7) is 7.88. The van der Waals surface area contributed by atoms with Crippen molar-refractivity contribution in [2.75, 3.05) is 6.61 Å². The number of hydrogen-bond acceptors (Lipinski definition) is 4. The zero-order chi connectivity index (χ0) is 13.8. The van der Waals surface area contributed by atoms with E-state index in [1.54, 1.807) is 13.8 Å². The molecule has 0 spiro atoms. The average molecular weight is 256 g/mol. The minimum Gasteiger partial charge on any atom is -0.463 e. The summed E-state index contributed by atoms with van der Waals surface area (Å²) in [7, 11) is 0. The summed E-state index contributed by atoms with van der Waals surface area (Å²) in [6, 6.07) is 0. The smallest absolute Gasteiger partial charge is 0.330 e. The predicted molar refractivity (Wildman–Crippen MR) is 69.1 cm³/mol. The van der Waals surface area contributed by atoms with E-state index in [9.17, 15) is 9.90 Å². The second kappa shape index (κ2) is 6.34. The maximum Gasteiger partial charge on any atom is 0.330 e. The molecule has 104 valence electrons. The molecule has 0 aromatic rings. The van der Waals surface area contributed by atoms with Gasteiger partial charge in [0.15, 0.2) is 0 Å². The van der Waals surface area contributed by atoms with Crippen molar-refractivity contribution in [3.63, 3.8) is 0 Å². The third kappa shape index (κ3) is 3.82. The molecule has 1 rings (SSSR count). The Bertz CT molecular complexity index is 309. The summed E-state index contributed by atoms with van der Waals surface area (Å²) < 4.78 is 10.6. The zero-order valence-corrected chi connectivity index (χ0v) is 11.7. The lowest BCUT2D eigenvalue weighted by Crippen LogP contribution is -2.40. The summed E-state index contributed by atoms with van der Waals surface area (Å²) in [5.74, 6) is -0.160. The van der Waals surface area contributed by atoms with E-state index in [0.717, 1.165) is 12.8 Å². The number of carbonyl (C=O) groups is 1. The van der Waals surface area contributed by atoms with E-state index < -0.39 is 11.6 Å². The monoisotopic (exact) mass is 256 g/mol. The fourth-order valence-corrected chi connectivity index (χ4v) is 2.43. The number of carbonyl (C=O) groups excluding carboxylic acids is 1. The Morgan fingerprint density at radius 3 is 2.72 bits per heavy atom. The van der Waals surface area contributed by atoms with Gasteiger partial charge in [-0.3, -0.25) is 0 Å². The van der Waals surface area contributed by atoms with E-state index in [1.165, 1.54) is 12.2 Å². The van der Waals surface area contributed by atoms with E-state index in [-0.39, 0.29) is 18.1 Å². The molecule has 1 saturated heterocycles. The molecule has 0 amide bonds. The first-order valence-electron chi connectivity index (χ1n) is 6.64. The number of aliphatic hydroxyl groups is 1. The minimum atomic E-state index is -1.14. The number of esters is 1. The lowest BCUT2D eigenvalue weighted by atomic mass is 9.88. The highest BCUT2D eigenvalue weighted by Crippen LogP contribution is 2.34. The van der Waals surface area contributed by atoms with Crippen LogP contribution in [0.2, 0.25) is 0 Å². The molecular weight excluding hydrogens is 232 g/mol. The molecule has 1 aliphatic rings. The number of ether oxygens (including phenoxy) is 2. The van der Waals surface area contributed by atoms with E-state index in [1.807, 2.05) is 0 Å². The number of hydrogen-bond donors (Lipinski definition) is 1. The van der Waals surface area contributed by atoms with Gasteiger partial charge in [-0.25, -0.2) is 4.79 Å². The maximum absolute atomic E-state index is 11.2. The lowest BCUT2D eigenvalue weighted by molar-refractivity contribution is -0.137. The van der Waals surface area contributed by atoms with E-state index in [4.69, 9.17) is 9.47 Å². The first-order chi connectivity index (χ1) is 8.40. The molecular formula is C14H24O4. The quantitative estimate of drug-likeness (QED) is 0.604. The van der Waals surface area contributed by atoms with Gasteiger partial charge < -0.3 is 14.6 Å². The third-order valence-electron chi connectivity index (χ3n) is 3.37. The molecule has 0 aromatic heterocycles. The molecule has 0 aliphatic carbocycles. The van der Waals surface area contributed by atoms with Crippen molar-refractivity contribution in [3.8, 4) is 0 Å². The Labute approximate surface area is 109 Å². The van der Waals surface area contributed by atoms with Crippen molar-refractivity contribution in [2.24, 2.45) is 5.92 Å². The zero-order valence-electron chi connectivity index (χ0n) is 11.7. The topological polar surface area (TPSA) is 55.8 Å². The first-order valence-corrected chi connectivity index (χ1v) is 6.64. The Hall–Kier alpha value is -0.870. The number of rotatable bonds is 5. The summed E-state index contributed by atoms with van der Waals surface area (Å²) in [6.07, 6.45) is 4.58. The van der Waals surface area contributed by atoms with Crippen LogP contribution in [0.15, 0.2) is 12.2 Å². The third-order valence-corrected chi connectivity index (χ3v) is 3.37. The maximum atomic E-state index is 11.2. The van der Waals surface area contributed by atoms with Crippen LogP contribution >= 0.6 is 0 Å². The molecule has 0 unspecified atom stereocenters. The Morgan fingerprint density at radius 1 is 1.56 bits per heavy atom. The SMILES string of the molecule is CCOC(=O)/C=C/[C@](C)(O)[C@@H]1O[C@@H](CC)C[C@H]1C. The molecule has 18 heavy (non-hydrogen) atoms. The average Bonchev–Trinajstić information content (AvgIpc) is 2.69. The standard InChI is InChI=1S/C14H24O4/c1-5-11-9-10(3)13(18-11)14(4,16)8-7-12(15)17-6-2/h7-8,10-11,13,16H,5-6,9H2,1-4H3/b8-7+/t10-,11+,13-,14+/m1/s1. The van der Waals surface area contributed by atoms with Gasteiger partial charge >= 0.3 is 5.97 Å². The minimum absolute atomic E-state index is 0.201. The van der Waals surface area contributed by atoms with Crippen LogP contribution in [0.25, 0.3) is 0 Å². The molecule has 4 heteroatoms. The van der Waals surface area contributed by atoms with Crippen LogP contribution in [0.4, 0.5) is 0 Å². The molecule has 0 bridgehead atoms. The van der Waals surface area contributed by atoms with Gasteiger partial charge in [0.2, 0.25) is 0 Å². The van der Waals surface area contributed by atoms with E-state index >= 15 is 0 Å². The van der Waals surface area contributed by atoms with Gasteiger partial charge in [-0.15, -0.1) is 0 Å². The Balaban J connectivity index is 2.65. The molecule has 1 N–H and O–H groups in total. The van der Waals surface area contributed by atoms with Gasteiger partial charge in [0.1, 0.15) is 5.60 Å². The van der Waals surface area contributed by atoms with Crippen LogP contribution in [0.1, 0.15) is 40.5 Å². The van der Waals surface area contributed by atoms with Crippen molar-refractivity contribution in [3.05, 3.63) is 12.2 Å². The van der Waals surface area contributed by atoms with Gasteiger partial charge in [0.25, 0.3) is 0 Å². The second-order valence-corrected chi connectivity index (χ2v) is 5.11. The highest BCUT2D eigenvalue weighted by molar-refractivity contribution is 5.82. The van der Waals surface area contributed by atoms with Crippen molar-refractivity contribution < 1.29 is 19.4 Å². The largest absolute Gasteiger partial charge is 0.463 e. The molecule has 4 atom stereocenters. The summed E-state index contributed by atoms with van der Waals surface area (Å²) in [5.41, 5.74) is -1.14. The van der Waals surface area contributed by atoms with E-state index in [2.05, 4.69) is 13.8 Å². The van der Waals surface area contributed by atoms with Crippen molar-refractivity contribution in [1.82, 2.24) is 0 Å². The van der Waals surface area contributed by atoms with Gasteiger partial charge in [-0.2, -0.15) is 0 Å². The van der Waals surface area contributed by atoms with Crippen molar-refractivity contribution in [1.29, 1.82) is 0 Å². The summed E-state index contributed by atoms with van der Waals surface area (Å²) >= 11 is 0. The van der Waals surface area contributed by atoms with Crippen molar-refractivity contribution >= 4 is 5.97 Å². The fourth-order valence-electron chi connectivity index (χ4n) is 2.43. The fraction of sp³-hybridized carbons (Fsp3) is 0.786. The highest BCUT2D eigenvalue weighted by Gasteiger charge is 2.41. The van der Waals surface area contributed by atoms with Gasteiger partial charge in [-0.1, -0.05) is 13.8 Å². The van der Waals surface area contributed by atoms with E-state index in [0.29, 0.717) is 6.61 Å². The molecule has 1 heterocycles. The van der Waals surface area contributed by atoms with Crippen LogP contribution in [0.5, 0.6) is 0 Å². The molecule has 0 saturated carbocycles. The summed E-state index contributed by atoms with van der Waals surface area (Å²) in [4.78, 5) is 11.2. The molecule has 4 nitrogen and oxygen atoms in total. The molecule has 1 fully saturated rings. The van der Waals surface area contributed by atoms with Crippen LogP contribution in [-0.4, -0.2) is 35.5 Å². The van der Waals surface area contributed by atoms with Gasteiger partial charge in [0, 0.05) is 6.08 Å². The van der Waals surface area contributed by atoms with Gasteiger partial charge in [0.05, 0.1) is 18.8 Å². The summed E-state index contributed by atoms with van der Waals surface area (Å²) in [5, 5.41) is 10.4. The molecule has 1 aliphatic heterocycles. The van der Waals surface area contributed by atoms with Crippen LogP contribution in [0, 0.1) is 5.92 Å². The van der Waals surface area contributed by atoms with Crippen LogP contribution in [0.3, 0.4) is 0 Å². The Kier molecular flexibility index (Phi) is 5.35. The Morgan fingerprint density at radius 2 is 2.22 bits per heavy atom. The van der Waals surface area contributed by atoms with Crippen LogP contribution in [-0.2, 0) is 14.3 Å². The van der Waals surface area contributed by atoms with Crippen molar-refractivity contribution in [2.45, 2.75) is 58.3 Å². The van der Waals surface area contributed by atoms with Crippen LogP contribution < -0.4 is 0 Å². The predicted octanol–water partition coefficient (Wildman–Crippen LogP) is 2.06. The molecule has 0 radical (unpaired) electrons. The first kappa shape index (κ1) is 15.2. The van der Waals surface area contributed by atoms with Gasteiger partial charge in [-0.05, 0) is 38.7 Å². The normalized spacial score (nSPS) is 31.5. The molecule has 0 aromatic carbocycles. The second-order valence-electron chi connectivity index (χ2n) is 5.11.